The van der Waals surface area contributed by atoms with Crippen molar-refractivity contribution in [2.45, 2.75) is 26.2 Å². The second-order valence-electron chi connectivity index (χ2n) is 6.77. The summed E-state index contributed by atoms with van der Waals surface area (Å²) in [6.07, 6.45) is 0.214. The molecule has 2 N–H and O–H groups in total. The highest BCUT2D eigenvalue weighted by Gasteiger charge is 2.30. The van der Waals surface area contributed by atoms with Gasteiger partial charge in [0.25, 0.3) is 0 Å². The Morgan fingerprint density at radius 3 is 2.76 bits per heavy atom. The molecule has 0 aromatic heterocycles. The molecule has 1 aliphatic heterocycles. The largest absolute Gasteiger partial charge is 0.325 e. The summed E-state index contributed by atoms with van der Waals surface area (Å²) in [4.78, 5) is 24.7. The Labute approximate surface area is 179 Å². The van der Waals surface area contributed by atoms with Gasteiger partial charge >= 0.3 is 0 Å². The Morgan fingerprint density at radius 1 is 1.28 bits per heavy atom. The summed E-state index contributed by atoms with van der Waals surface area (Å²) < 4.78 is 0. The molecule has 1 aliphatic rings. The number of amides is 2. The van der Waals surface area contributed by atoms with Crippen LogP contribution >= 0.6 is 23.4 Å². The van der Waals surface area contributed by atoms with Crippen LogP contribution in [0.5, 0.6) is 0 Å². The molecule has 1 atom stereocenters. The van der Waals surface area contributed by atoms with Crippen LogP contribution in [0.15, 0.2) is 53.1 Å². The van der Waals surface area contributed by atoms with Gasteiger partial charge in [0.1, 0.15) is 0 Å². The smallest absolute Gasteiger partial charge is 0.234 e. The fraction of sp³-hybridized carbons (Fsp3) is 0.227. The van der Waals surface area contributed by atoms with Crippen molar-refractivity contribution in [2.75, 3.05) is 11.1 Å². The Balaban J connectivity index is 1.78. The Bertz CT molecular complexity index is 1040. The normalized spacial score (nSPS) is 16.2. The van der Waals surface area contributed by atoms with Crippen LogP contribution in [0.1, 0.15) is 29.0 Å². The summed E-state index contributed by atoms with van der Waals surface area (Å²) in [5.41, 5.74) is 3.89. The molecule has 7 heteroatoms. The average molecular weight is 426 g/mol. The van der Waals surface area contributed by atoms with Crippen LogP contribution in [0.25, 0.3) is 0 Å². The van der Waals surface area contributed by atoms with E-state index < -0.39 is 0 Å². The van der Waals surface area contributed by atoms with Gasteiger partial charge in [-0.05, 0) is 42.7 Å². The van der Waals surface area contributed by atoms with E-state index in [0.717, 1.165) is 28.5 Å². The fourth-order valence-corrected chi connectivity index (χ4v) is 4.29. The molecule has 1 heterocycles. The second kappa shape index (κ2) is 9.17. The fourth-order valence-electron chi connectivity index (χ4n) is 3.24. The number of hydrogen-bond donors (Lipinski definition) is 2. The van der Waals surface area contributed by atoms with Crippen molar-refractivity contribution < 1.29 is 9.59 Å². The number of nitrogens with one attached hydrogen (secondary N) is 2. The van der Waals surface area contributed by atoms with E-state index in [0.29, 0.717) is 21.3 Å². The van der Waals surface area contributed by atoms with Gasteiger partial charge in [0.15, 0.2) is 0 Å². The van der Waals surface area contributed by atoms with Crippen LogP contribution in [0.3, 0.4) is 0 Å². The number of carbonyl (C=O) groups excluding carboxylic acids is 2. The van der Waals surface area contributed by atoms with Gasteiger partial charge in [0, 0.05) is 23.0 Å². The number of anilines is 1. The number of nitrogens with zero attached hydrogens (tertiary/aromatic N) is 1. The highest BCUT2D eigenvalue weighted by molar-refractivity contribution is 8.03. The molecule has 5 nitrogen and oxygen atoms in total. The molecule has 0 radical (unpaired) electrons. The van der Waals surface area contributed by atoms with E-state index in [1.807, 2.05) is 38.1 Å². The van der Waals surface area contributed by atoms with Gasteiger partial charge in [-0.2, -0.15) is 5.26 Å². The summed E-state index contributed by atoms with van der Waals surface area (Å²) in [7, 11) is 0. The van der Waals surface area contributed by atoms with Gasteiger partial charge in [-0.15, -0.1) is 0 Å². The van der Waals surface area contributed by atoms with Crippen molar-refractivity contribution in [3.8, 4) is 6.07 Å². The Morgan fingerprint density at radius 2 is 2.03 bits per heavy atom. The molecule has 0 aliphatic carbocycles. The molecule has 0 saturated carbocycles. The maximum Gasteiger partial charge on any atom is 0.234 e. The lowest BCUT2D eigenvalue weighted by molar-refractivity contribution is -0.121. The summed E-state index contributed by atoms with van der Waals surface area (Å²) in [5, 5.41) is 16.3. The van der Waals surface area contributed by atoms with Gasteiger partial charge in [-0.1, -0.05) is 53.7 Å². The SMILES string of the molecule is Cc1ccccc1C1CC(=O)NC(SCC(=O)Nc2cccc(Cl)c2C)=C1C#N. The molecule has 0 spiro atoms. The third-order valence-electron chi connectivity index (χ3n) is 4.81. The van der Waals surface area contributed by atoms with E-state index in [1.165, 1.54) is 0 Å². The zero-order valence-corrected chi connectivity index (χ0v) is 17.7. The molecule has 1 unspecified atom stereocenters. The molecule has 2 aromatic carbocycles. The molecule has 29 heavy (non-hydrogen) atoms. The topological polar surface area (TPSA) is 82.0 Å². The first kappa shape index (κ1) is 21.0. The van der Waals surface area contributed by atoms with E-state index in [9.17, 15) is 14.9 Å². The van der Waals surface area contributed by atoms with Crippen molar-refractivity contribution in [1.82, 2.24) is 5.32 Å². The van der Waals surface area contributed by atoms with Crippen LogP contribution in [0.2, 0.25) is 5.02 Å². The van der Waals surface area contributed by atoms with Crippen molar-refractivity contribution in [3.05, 3.63) is 74.8 Å². The monoisotopic (exact) mass is 425 g/mol. The van der Waals surface area contributed by atoms with E-state index in [1.54, 1.807) is 18.2 Å². The molecular weight excluding hydrogens is 406 g/mol. The average Bonchev–Trinajstić information content (AvgIpc) is 2.70. The molecule has 2 amide bonds. The van der Waals surface area contributed by atoms with Crippen LogP contribution in [-0.4, -0.2) is 17.6 Å². The van der Waals surface area contributed by atoms with E-state index in [-0.39, 0.29) is 29.9 Å². The second-order valence-corrected chi connectivity index (χ2v) is 8.16. The number of carbonyl (C=O) groups is 2. The van der Waals surface area contributed by atoms with Crippen LogP contribution in [-0.2, 0) is 9.59 Å². The lowest BCUT2D eigenvalue weighted by Gasteiger charge is -2.26. The van der Waals surface area contributed by atoms with Gasteiger partial charge in [-0.3, -0.25) is 9.59 Å². The summed E-state index contributed by atoms with van der Waals surface area (Å²) in [6, 6.07) is 15.3. The van der Waals surface area contributed by atoms with Crippen LogP contribution in [0, 0.1) is 25.2 Å². The lowest BCUT2D eigenvalue weighted by Crippen LogP contribution is -2.31. The number of rotatable bonds is 5. The predicted molar refractivity (Wildman–Crippen MR) is 117 cm³/mol. The number of hydrogen-bond acceptors (Lipinski definition) is 4. The first-order valence-corrected chi connectivity index (χ1v) is 10.4. The number of allylic oxidation sites excluding steroid dienone is 1. The minimum absolute atomic E-state index is 0.0627. The molecule has 2 aromatic rings. The number of nitriles is 1. The zero-order chi connectivity index (χ0) is 21.0. The Hall–Kier alpha value is -2.75. The standard InChI is InChI=1S/C22H20ClN3O2S/c1-13-6-3-4-7-15(13)16-10-20(27)26-22(17(16)11-24)29-12-21(28)25-19-9-5-8-18(23)14(19)2/h3-9,16H,10,12H2,1-2H3,(H,25,28)(H,26,27). The van der Waals surface area contributed by atoms with Gasteiger partial charge in [0.05, 0.1) is 22.4 Å². The molecule has 3 rings (SSSR count). The van der Waals surface area contributed by atoms with Gasteiger partial charge < -0.3 is 10.6 Å². The molecule has 0 fully saturated rings. The van der Waals surface area contributed by atoms with E-state index >= 15 is 0 Å². The third kappa shape index (κ3) is 4.81. The lowest BCUT2D eigenvalue weighted by atomic mass is 9.85. The number of halogens is 1. The summed E-state index contributed by atoms with van der Waals surface area (Å²) in [6.45, 7) is 3.79. The highest BCUT2D eigenvalue weighted by atomic mass is 35.5. The third-order valence-corrected chi connectivity index (χ3v) is 6.24. The molecule has 0 saturated heterocycles. The number of benzene rings is 2. The summed E-state index contributed by atoms with van der Waals surface area (Å²) in [5.74, 6) is -0.647. The van der Waals surface area contributed by atoms with Crippen molar-refractivity contribution in [3.63, 3.8) is 0 Å². The van der Waals surface area contributed by atoms with Crippen molar-refractivity contribution >= 4 is 40.9 Å². The van der Waals surface area contributed by atoms with Crippen molar-refractivity contribution in [1.29, 1.82) is 5.26 Å². The van der Waals surface area contributed by atoms with Gasteiger partial charge in [-0.25, -0.2) is 0 Å². The zero-order valence-electron chi connectivity index (χ0n) is 16.1. The maximum absolute atomic E-state index is 12.4. The maximum atomic E-state index is 12.4. The minimum atomic E-state index is -0.310. The summed E-state index contributed by atoms with van der Waals surface area (Å²) >= 11 is 7.25. The molecule has 0 bridgehead atoms. The highest BCUT2D eigenvalue weighted by Crippen LogP contribution is 2.37. The van der Waals surface area contributed by atoms with Crippen molar-refractivity contribution in [2.24, 2.45) is 0 Å². The molecular formula is C22H20ClN3O2S. The quantitative estimate of drug-likeness (QED) is 0.729. The van der Waals surface area contributed by atoms with Crippen LogP contribution in [0.4, 0.5) is 5.69 Å². The predicted octanol–water partition coefficient (Wildman–Crippen LogP) is 4.67. The number of thioether (sulfide) groups is 1. The Kier molecular flexibility index (Phi) is 6.63. The van der Waals surface area contributed by atoms with E-state index in [4.69, 9.17) is 11.6 Å². The van der Waals surface area contributed by atoms with Crippen LogP contribution < -0.4 is 10.6 Å². The first-order chi connectivity index (χ1) is 13.9. The first-order valence-electron chi connectivity index (χ1n) is 9.08. The number of aryl methyl sites for hydroxylation is 1. The minimum Gasteiger partial charge on any atom is -0.325 e. The molecule has 148 valence electrons. The van der Waals surface area contributed by atoms with Gasteiger partial charge in [0.2, 0.25) is 11.8 Å². The van der Waals surface area contributed by atoms with E-state index in [2.05, 4.69) is 16.7 Å².